The van der Waals surface area contributed by atoms with Gasteiger partial charge in [-0.15, -0.1) is 0 Å². The van der Waals surface area contributed by atoms with E-state index in [2.05, 4.69) is 59.5 Å². The molecule has 3 aromatic rings. The molecule has 182 valence electrons. The summed E-state index contributed by atoms with van der Waals surface area (Å²) in [6.07, 6.45) is 2.88. The first-order valence-electron chi connectivity index (χ1n) is 13.1. The van der Waals surface area contributed by atoms with E-state index in [1.807, 2.05) is 19.1 Å². The van der Waals surface area contributed by atoms with Crippen molar-refractivity contribution in [2.24, 2.45) is 11.7 Å². The summed E-state index contributed by atoms with van der Waals surface area (Å²) in [6.45, 7) is 5.40. The standard InChI is InChI=1S/C32H32N2O2/c1-19-23-14-15-25-24-12-6-7-13-26(24)30(34-16-8-11-22(33)18-34)27(17-21-9-4-3-5-10-21)28(25)29(23)32(36)20(2)31(19)35/h3-7,9-10,12-15,20,22,27H,8,11,16-18,33H2,1-2H3/t20?,22-,27?/m0/s1. The highest BCUT2D eigenvalue weighted by Gasteiger charge is 2.37. The molecule has 0 aromatic heterocycles. The summed E-state index contributed by atoms with van der Waals surface area (Å²) in [5.74, 6) is -0.765. The van der Waals surface area contributed by atoms with E-state index in [0.29, 0.717) is 5.57 Å². The van der Waals surface area contributed by atoms with Gasteiger partial charge in [0.1, 0.15) is 0 Å². The summed E-state index contributed by atoms with van der Waals surface area (Å²) in [5, 5.41) is 4.30. The molecule has 6 rings (SSSR count). The Morgan fingerprint density at radius 1 is 0.861 bits per heavy atom. The maximum Gasteiger partial charge on any atom is 0.174 e. The van der Waals surface area contributed by atoms with Gasteiger partial charge in [0.05, 0.1) is 5.92 Å². The first kappa shape index (κ1) is 22.9. The van der Waals surface area contributed by atoms with E-state index >= 15 is 0 Å². The van der Waals surface area contributed by atoms with Gasteiger partial charge in [0.15, 0.2) is 11.6 Å². The Morgan fingerprint density at radius 3 is 2.31 bits per heavy atom. The number of ketones is 2. The molecular formula is C32H32N2O2. The van der Waals surface area contributed by atoms with E-state index in [0.717, 1.165) is 59.1 Å². The fourth-order valence-corrected chi connectivity index (χ4v) is 6.52. The molecule has 0 amide bonds. The van der Waals surface area contributed by atoms with E-state index in [4.69, 9.17) is 5.73 Å². The van der Waals surface area contributed by atoms with Crippen molar-refractivity contribution >= 4 is 22.8 Å². The van der Waals surface area contributed by atoms with Crippen LogP contribution in [0.5, 0.6) is 0 Å². The maximum absolute atomic E-state index is 13.8. The summed E-state index contributed by atoms with van der Waals surface area (Å²) in [4.78, 5) is 29.2. The zero-order valence-corrected chi connectivity index (χ0v) is 21.0. The summed E-state index contributed by atoms with van der Waals surface area (Å²) < 4.78 is 0. The van der Waals surface area contributed by atoms with Crippen molar-refractivity contribution < 1.29 is 9.59 Å². The Morgan fingerprint density at radius 2 is 1.56 bits per heavy atom. The van der Waals surface area contributed by atoms with E-state index in [-0.39, 0.29) is 23.5 Å². The number of benzene rings is 3. The lowest BCUT2D eigenvalue weighted by molar-refractivity contribution is -0.115. The van der Waals surface area contributed by atoms with Crippen LogP contribution in [0, 0.1) is 16.4 Å². The van der Waals surface area contributed by atoms with Gasteiger partial charge in [0.25, 0.3) is 0 Å². The van der Waals surface area contributed by atoms with Gasteiger partial charge >= 0.3 is 0 Å². The molecule has 2 N–H and O–H groups in total. The van der Waals surface area contributed by atoms with Crippen LogP contribution in [0.2, 0.25) is 0 Å². The van der Waals surface area contributed by atoms with Crippen LogP contribution in [-0.2, 0) is 11.2 Å². The predicted octanol–water partition coefficient (Wildman–Crippen LogP) is 3.42. The smallest absolute Gasteiger partial charge is 0.174 e. The number of rotatable bonds is 3. The Bertz CT molecular complexity index is 1610. The first-order chi connectivity index (χ1) is 17.5. The molecule has 1 heterocycles. The van der Waals surface area contributed by atoms with Gasteiger partial charge in [-0.1, -0.05) is 66.7 Å². The molecule has 0 spiro atoms. The SMILES string of the molecule is CC1=c2ccc3c(c2C(=O)C(C)C1=O)C(Cc1ccccc1)C(N1CCC[C@H](N)C1)=c1ccccc1=3. The second-order valence-corrected chi connectivity index (χ2v) is 10.5. The second kappa shape index (κ2) is 8.86. The van der Waals surface area contributed by atoms with Gasteiger partial charge in [0.2, 0.25) is 0 Å². The van der Waals surface area contributed by atoms with Gasteiger partial charge < -0.3 is 10.6 Å². The van der Waals surface area contributed by atoms with Crippen molar-refractivity contribution in [2.75, 3.05) is 13.1 Å². The number of piperidine rings is 1. The Labute approximate surface area is 211 Å². The summed E-state index contributed by atoms with van der Waals surface area (Å²) in [6, 6.07) is 23.4. The van der Waals surface area contributed by atoms with E-state index in [9.17, 15) is 9.59 Å². The maximum atomic E-state index is 13.8. The first-order valence-corrected chi connectivity index (χ1v) is 13.1. The molecule has 2 aliphatic carbocycles. The molecule has 1 saturated heterocycles. The molecule has 0 bridgehead atoms. The molecule has 2 unspecified atom stereocenters. The molecule has 4 heteroatoms. The third-order valence-corrected chi connectivity index (χ3v) is 8.30. The fraction of sp³-hybridized carbons (Fsp3) is 0.312. The molecule has 36 heavy (non-hydrogen) atoms. The third kappa shape index (κ3) is 3.55. The quantitative estimate of drug-likeness (QED) is 0.589. The van der Waals surface area contributed by atoms with Gasteiger partial charge in [-0.05, 0) is 59.9 Å². The second-order valence-electron chi connectivity index (χ2n) is 10.5. The number of carbonyl (C=O) groups is 2. The van der Waals surface area contributed by atoms with Crippen molar-refractivity contribution in [3.05, 3.63) is 104 Å². The molecule has 3 atom stereocenters. The van der Waals surface area contributed by atoms with E-state index < -0.39 is 5.92 Å². The van der Waals surface area contributed by atoms with Crippen LogP contribution in [0.25, 0.3) is 11.3 Å². The number of fused-ring (bicyclic) bond motifs is 4. The zero-order valence-electron chi connectivity index (χ0n) is 21.0. The molecule has 3 aliphatic rings. The number of carbonyl (C=O) groups excluding carboxylic acids is 2. The number of hydrogen-bond donors (Lipinski definition) is 1. The van der Waals surface area contributed by atoms with Gasteiger partial charge in [0, 0.05) is 47.1 Å². The van der Waals surface area contributed by atoms with Crippen LogP contribution >= 0.6 is 0 Å². The van der Waals surface area contributed by atoms with Crippen LogP contribution < -0.4 is 16.2 Å². The number of likely N-dealkylation sites (tertiary alicyclic amines) is 1. The van der Waals surface area contributed by atoms with Crippen molar-refractivity contribution in [1.29, 1.82) is 0 Å². The monoisotopic (exact) mass is 476 g/mol. The lowest BCUT2D eigenvalue weighted by Gasteiger charge is -2.40. The minimum absolute atomic E-state index is 0.00491. The number of nitrogens with zero attached hydrogens (tertiary/aromatic N) is 1. The van der Waals surface area contributed by atoms with Crippen molar-refractivity contribution in [3.63, 3.8) is 0 Å². The van der Waals surface area contributed by atoms with E-state index in [1.54, 1.807) is 6.92 Å². The average molecular weight is 477 g/mol. The fourth-order valence-electron chi connectivity index (χ4n) is 6.52. The molecule has 0 radical (unpaired) electrons. The summed E-state index contributed by atoms with van der Waals surface area (Å²) >= 11 is 0. The average Bonchev–Trinajstić information content (AvgIpc) is 2.90. The van der Waals surface area contributed by atoms with Crippen LogP contribution in [0.15, 0.2) is 66.7 Å². The molecule has 1 fully saturated rings. The third-order valence-electron chi connectivity index (χ3n) is 8.30. The molecular weight excluding hydrogens is 444 g/mol. The number of hydrogen-bond acceptors (Lipinski definition) is 4. The summed E-state index contributed by atoms with van der Waals surface area (Å²) in [7, 11) is 0. The number of nitrogens with two attached hydrogens (primary N) is 1. The van der Waals surface area contributed by atoms with Crippen LogP contribution in [-0.4, -0.2) is 35.6 Å². The molecule has 3 aromatic carbocycles. The molecule has 4 nitrogen and oxygen atoms in total. The lowest BCUT2D eigenvalue weighted by atomic mass is 9.74. The van der Waals surface area contributed by atoms with Gasteiger partial charge in [-0.25, -0.2) is 0 Å². The van der Waals surface area contributed by atoms with Crippen molar-refractivity contribution in [2.45, 2.75) is 45.1 Å². The normalized spacial score (nSPS) is 23.3. The van der Waals surface area contributed by atoms with Crippen LogP contribution in [0.3, 0.4) is 0 Å². The van der Waals surface area contributed by atoms with Crippen LogP contribution in [0.1, 0.15) is 54.1 Å². The Kier molecular flexibility index (Phi) is 5.65. The van der Waals surface area contributed by atoms with Gasteiger partial charge in [-0.3, -0.25) is 9.59 Å². The van der Waals surface area contributed by atoms with E-state index in [1.165, 1.54) is 16.5 Å². The van der Waals surface area contributed by atoms with Gasteiger partial charge in [-0.2, -0.15) is 0 Å². The van der Waals surface area contributed by atoms with Crippen molar-refractivity contribution in [3.8, 4) is 0 Å². The van der Waals surface area contributed by atoms with Crippen LogP contribution in [0.4, 0.5) is 0 Å². The lowest BCUT2D eigenvalue weighted by Crippen LogP contribution is -2.46. The minimum atomic E-state index is -0.648. The highest BCUT2D eigenvalue weighted by atomic mass is 16.2. The predicted molar refractivity (Wildman–Crippen MR) is 142 cm³/mol. The molecule has 0 saturated carbocycles. The molecule has 1 aliphatic heterocycles. The minimum Gasteiger partial charge on any atom is -0.372 e. The highest BCUT2D eigenvalue weighted by Crippen LogP contribution is 2.38. The Hall–Kier alpha value is -3.50. The zero-order chi connectivity index (χ0) is 25.0. The topological polar surface area (TPSA) is 63.4 Å². The van der Waals surface area contributed by atoms with Crippen molar-refractivity contribution in [1.82, 2.24) is 4.90 Å². The summed E-state index contributed by atoms with van der Waals surface area (Å²) in [5.41, 5.74) is 11.5. The largest absolute Gasteiger partial charge is 0.372 e. The number of Topliss-reactive ketones (excluding diaryl/α,β-unsaturated/α-hetero) is 2. The Balaban J connectivity index is 1.74. The highest BCUT2D eigenvalue weighted by molar-refractivity contribution is 6.28.